The van der Waals surface area contributed by atoms with E-state index in [1.54, 1.807) is 16.8 Å². The van der Waals surface area contributed by atoms with Crippen molar-refractivity contribution in [2.24, 2.45) is 0 Å². The van der Waals surface area contributed by atoms with Crippen LogP contribution in [0.2, 0.25) is 0 Å². The Morgan fingerprint density at radius 1 is 1.04 bits per heavy atom. The molecule has 0 radical (unpaired) electrons. The first-order valence-corrected chi connectivity index (χ1v) is 8.77. The van der Waals surface area contributed by atoms with Crippen LogP contribution in [0.3, 0.4) is 0 Å². The molecular formula is C20H19FN6O. The van der Waals surface area contributed by atoms with Crippen LogP contribution in [-0.2, 0) is 6.54 Å². The number of hydrogen-bond acceptors (Lipinski definition) is 6. The molecule has 0 N–H and O–H groups in total. The second kappa shape index (κ2) is 7.22. The van der Waals surface area contributed by atoms with Crippen molar-refractivity contribution in [1.82, 2.24) is 25.1 Å². The van der Waals surface area contributed by atoms with Gasteiger partial charge in [0.25, 0.3) is 5.89 Å². The summed E-state index contributed by atoms with van der Waals surface area (Å²) in [5, 5.41) is 12.4. The van der Waals surface area contributed by atoms with E-state index in [9.17, 15) is 4.39 Å². The number of nitrogens with zero attached hydrogens (tertiary/aromatic N) is 6. The number of halogens is 1. The number of anilines is 1. The zero-order chi connectivity index (χ0) is 19.7. The molecule has 2 aromatic heterocycles. The number of benzene rings is 2. The van der Waals surface area contributed by atoms with Gasteiger partial charge in [0.15, 0.2) is 5.69 Å². The largest absolute Gasteiger partial charge is 0.378 e. The van der Waals surface area contributed by atoms with Gasteiger partial charge in [0.2, 0.25) is 5.82 Å². The third-order valence-electron chi connectivity index (χ3n) is 4.50. The van der Waals surface area contributed by atoms with Crippen molar-refractivity contribution in [3.63, 3.8) is 0 Å². The third-order valence-corrected chi connectivity index (χ3v) is 4.50. The Bertz CT molecular complexity index is 1080. The van der Waals surface area contributed by atoms with Crippen LogP contribution in [0.1, 0.15) is 11.3 Å². The second-order valence-corrected chi connectivity index (χ2v) is 6.67. The van der Waals surface area contributed by atoms with Gasteiger partial charge in [-0.05, 0) is 48.9 Å². The highest BCUT2D eigenvalue weighted by Gasteiger charge is 2.18. The molecule has 28 heavy (non-hydrogen) atoms. The van der Waals surface area contributed by atoms with Crippen LogP contribution in [0.5, 0.6) is 0 Å². The fraction of sp³-hybridized carbons (Fsp3) is 0.200. The molecule has 142 valence electrons. The fourth-order valence-corrected chi connectivity index (χ4v) is 2.82. The molecule has 4 aromatic rings. The predicted octanol–water partition coefficient (Wildman–Crippen LogP) is 3.56. The smallest absolute Gasteiger partial charge is 0.258 e. The Kier molecular flexibility index (Phi) is 4.60. The maximum absolute atomic E-state index is 13.1. The molecule has 0 unspecified atom stereocenters. The van der Waals surface area contributed by atoms with Crippen molar-refractivity contribution >= 4 is 5.69 Å². The Morgan fingerprint density at radius 3 is 2.43 bits per heavy atom. The van der Waals surface area contributed by atoms with Crippen molar-refractivity contribution < 1.29 is 8.91 Å². The van der Waals surface area contributed by atoms with Crippen molar-refractivity contribution in [3.05, 3.63) is 65.6 Å². The number of hydrogen-bond donors (Lipinski definition) is 0. The summed E-state index contributed by atoms with van der Waals surface area (Å²) in [6.07, 6.45) is 0. The summed E-state index contributed by atoms with van der Waals surface area (Å²) in [6.45, 7) is 2.37. The average molecular weight is 378 g/mol. The van der Waals surface area contributed by atoms with Crippen LogP contribution in [-0.4, -0.2) is 39.2 Å². The van der Waals surface area contributed by atoms with E-state index in [0.29, 0.717) is 24.0 Å². The van der Waals surface area contributed by atoms with E-state index in [2.05, 4.69) is 20.5 Å². The lowest BCUT2D eigenvalue weighted by atomic mass is 10.2. The van der Waals surface area contributed by atoms with Crippen LogP contribution in [0.25, 0.3) is 23.0 Å². The zero-order valence-electron chi connectivity index (χ0n) is 15.8. The molecule has 0 aliphatic rings. The molecule has 0 aliphatic carbocycles. The summed E-state index contributed by atoms with van der Waals surface area (Å²) in [6, 6.07) is 14.1. The van der Waals surface area contributed by atoms with Gasteiger partial charge >= 0.3 is 0 Å². The van der Waals surface area contributed by atoms with Crippen LogP contribution >= 0.6 is 0 Å². The number of aromatic nitrogens is 5. The molecule has 4 rings (SSSR count). The summed E-state index contributed by atoms with van der Waals surface area (Å²) in [5.41, 5.74) is 4.21. The van der Waals surface area contributed by atoms with Crippen LogP contribution in [0, 0.1) is 12.7 Å². The molecule has 0 aliphatic heterocycles. The first-order chi connectivity index (χ1) is 13.5. The second-order valence-electron chi connectivity index (χ2n) is 6.67. The highest BCUT2D eigenvalue weighted by molar-refractivity contribution is 5.61. The van der Waals surface area contributed by atoms with Crippen LogP contribution in [0.15, 0.2) is 53.1 Å². The molecule has 0 bridgehead atoms. The molecule has 0 saturated carbocycles. The Labute approximate surface area is 161 Å². The molecule has 2 aromatic carbocycles. The molecule has 0 atom stereocenters. The lowest BCUT2D eigenvalue weighted by Gasteiger charge is -2.11. The molecule has 0 amide bonds. The van der Waals surface area contributed by atoms with Gasteiger partial charge in [-0.25, -0.2) is 9.07 Å². The van der Waals surface area contributed by atoms with Gasteiger partial charge in [-0.2, -0.15) is 4.98 Å². The summed E-state index contributed by atoms with van der Waals surface area (Å²) in [5.74, 6) is 0.542. The van der Waals surface area contributed by atoms with E-state index in [1.807, 2.05) is 50.2 Å². The zero-order valence-corrected chi connectivity index (χ0v) is 15.8. The van der Waals surface area contributed by atoms with Gasteiger partial charge in [0, 0.05) is 25.3 Å². The monoisotopic (exact) mass is 378 g/mol. The van der Waals surface area contributed by atoms with E-state index in [-0.39, 0.29) is 5.82 Å². The lowest BCUT2D eigenvalue weighted by Crippen LogP contribution is -2.07. The first kappa shape index (κ1) is 17.8. The summed E-state index contributed by atoms with van der Waals surface area (Å²) >= 11 is 0. The maximum atomic E-state index is 13.1. The summed E-state index contributed by atoms with van der Waals surface area (Å²) in [7, 11) is 3.97. The maximum Gasteiger partial charge on any atom is 0.258 e. The SMILES string of the molecule is Cc1c(-c2noc(-c3ccc(N(C)C)cc3)n2)nnn1Cc1ccc(F)cc1. The topological polar surface area (TPSA) is 72.9 Å². The van der Waals surface area contributed by atoms with Crippen molar-refractivity contribution in [2.75, 3.05) is 19.0 Å². The van der Waals surface area contributed by atoms with Gasteiger partial charge in [0.1, 0.15) is 5.82 Å². The molecule has 2 heterocycles. The van der Waals surface area contributed by atoms with Crippen molar-refractivity contribution in [1.29, 1.82) is 0 Å². The van der Waals surface area contributed by atoms with E-state index in [0.717, 1.165) is 22.5 Å². The van der Waals surface area contributed by atoms with E-state index >= 15 is 0 Å². The molecule has 8 heteroatoms. The van der Waals surface area contributed by atoms with Gasteiger partial charge in [0.05, 0.1) is 12.2 Å². The molecule has 0 fully saturated rings. The third kappa shape index (κ3) is 3.48. The Balaban J connectivity index is 1.57. The lowest BCUT2D eigenvalue weighted by molar-refractivity contribution is 0.432. The standard InChI is InChI=1S/C20H19FN6O/c1-13-18(23-25-27(13)12-14-4-8-16(21)9-5-14)19-22-20(28-24-19)15-6-10-17(11-7-15)26(2)3/h4-11H,12H2,1-3H3. The van der Waals surface area contributed by atoms with Crippen molar-refractivity contribution in [3.8, 4) is 23.0 Å². The number of rotatable bonds is 5. The minimum Gasteiger partial charge on any atom is -0.378 e. The minimum atomic E-state index is -0.266. The van der Waals surface area contributed by atoms with E-state index in [4.69, 9.17) is 4.52 Å². The molecule has 0 spiro atoms. The van der Waals surface area contributed by atoms with Gasteiger partial charge in [-0.15, -0.1) is 5.10 Å². The quantitative estimate of drug-likeness (QED) is 0.529. The van der Waals surface area contributed by atoms with Crippen LogP contribution < -0.4 is 4.90 Å². The molecule has 7 nitrogen and oxygen atoms in total. The highest BCUT2D eigenvalue weighted by atomic mass is 19.1. The molecular weight excluding hydrogens is 359 g/mol. The Morgan fingerprint density at radius 2 is 1.75 bits per heavy atom. The molecule has 0 saturated heterocycles. The normalized spacial score (nSPS) is 11.0. The van der Waals surface area contributed by atoms with E-state index in [1.165, 1.54) is 12.1 Å². The van der Waals surface area contributed by atoms with Gasteiger partial charge in [-0.3, -0.25) is 0 Å². The van der Waals surface area contributed by atoms with Gasteiger partial charge < -0.3 is 9.42 Å². The summed E-state index contributed by atoms with van der Waals surface area (Å²) in [4.78, 5) is 6.48. The van der Waals surface area contributed by atoms with E-state index < -0.39 is 0 Å². The van der Waals surface area contributed by atoms with Gasteiger partial charge in [-0.1, -0.05) is 22.5 Å². The predicted molar refractivity (Wildman–Crippen MR) is 103 cm³/mol. The van der Waals surface area contributed by atoms with Crippen molar-refractivity contribution in [2.45, 2.75) is 13.5 Å². The highest BCUT2D eigenvalue weighted by Crippen LogP contribution is 2.24. The minimum absolute atomic E-state index is 0.266. The Hall–Kier alpha value is -3.55. The first-order valence-electron chi connectivity index (χ1n) is 8.77. The fourth-order valence-electron chi connectivity index (χ4n) is 2.82. The average Bonchev–Trinajstić information content (AvgIpc) is 3.31. The summed E-state index contributed by atoms with van der Waals surface area (Å²) < 4.78 is 20.2. The van der Waals surface area contributed by atoms with Crippen LogP contribution in [0.4, 0.5) is 10.1 Å².